The zero-order valence-electron chi connectivity index (χ0n) is 12.9. The highest BCUT2D eigenvalue weighted by Crippen LogP contribution is 2.45. The first kappa shape index (κ1) is 18.5. The molecule has 9 nitrogen and oxygen atoms in total. The number of aryl methyl sites for hydroxylation is 1. The van der Waals surface area contributed by atoms with Gasteiger partial charge in [0, 0.05) is 18.9 Å². The van der Waals surface area contributed by atoms with E-state index in [1.54, 1.807) is 6.92 Å². The molecule has 0 saturated carbocycles. The Bertz CT molecular complexity index is 677. The molecule has 2 rings (SSSR count). The van der Waals surface area contributed by atoms with Gasteiger partial charge < -0.3 is 25.0 Å². The van der Waals surface area contributed by atoms with Gasteiger partial charge in [-0.2, -0.15) is 4.98 Å². The third-order valence-electron chi connectivity index (χ3n) is 3.67. The molecule has 1 aromatic rings. The highest BCUT2D eigenvalue weighted by atomic mass is 32.5. The fourth-order valence-corrected chi connectivity index (χ4v) is 3.43. The molecule has 11 heteroatoms. The van der Waals surface area contributed by atoms with Crippen molar-refractivity contribution >= 4 is 24.3 Å². The summed E-state index contributed by atoms with van der Waals surface area (Å²) in [6, 6.07) is 0. The third kappa shape index (κ3) is 3.97. The summed E-state index contributed by atoms with van der Waals surface area (Å²) in [4.78, 5) is 34.7. The van der Waals surface area contributed by atoms with Gasteiger partial charge in [0.05, 0.1) is 6.10 Å². The molecule has 0 radical (unpaired) electrons. The van der Waals surface area contributed by atoms with Crippen LogP contribution in [-0.4, -0.2) is 44.8 Å². The van der Waals surface area contributed by atoms with Crippen molar-refractivity contribution in [2.24, 2.45) is 0 Å². The lowest BCUT2D eigenvalue weighted by molar-refractivity contribution is -0.0539. The summed E-state index contributed by atoms with van der Waals surface area (Å²) in [6.45, 7) is -0.366. The number of nitrogens with two attached hydrogens (primary N) is 1. The van der Waals surface area contributed by atoms with Gasteiger partial charge in [-0.1, -0.05) is 6.92 Å². The number of rotatable bonds is 5. The molecule has 4 atom stereocenters. The summed E-state index contributed by atoms with van der Waals surface area (Å²) < 4.78 is 17.6. The van der Waals surface area contributed by atoms with Crippen LogP contribution >= 0.6 is 6.72 Å². The SMILES string of the molecule is CC[C@H]1O[C@@H](n2cc(C)c(N)nc2=O)C(OC)C1OP(O)(O)=S. The molecule has 0 spiro atoms. The summed E-state index contributed by atoms with van der Waals surface area (Å²) >= 11 is 4.53. The molecule has 1 fully saturated rings. The van der Waals surface area contributed by atoms with E-state index in [-0.39, 0.29) is 5.82 Å². The quantitative estimate of drug-likeness (QED) is 0.620. The molecule has 2 unspecified atom stereocenters. The lowest BCUT2D eigenvalue weighted by Crippen LogP contribution is -2.38. The fourth-order valence-electron chi connectivity index (χ4n) is 2.56. The highest BCUT2D eigenvalue weighted by molar-refractivity contribution is 8.06. The standard InChI is InChI=1S/C12H20N3O6PS/c1-4-7-8(21-22(17,18)23)9(19-3)11(20-7)15-5-6(2)10(13)14-12(15)16/h5,7-9,11H,4H2,1-3H3,(H2,13,14,16)(H2,17,18,23)/t7-,8?,9?,11-/m1/s1. The van der Waals surface area contributed by atoms with Crippen LogP contribution in [-0.2, 0) is 25.8 Å². The minimum absolute atomic E-state index is 0.138. The molecule has 4 N–H and O–H groups in total. The Balaban J connectivity index is 2.42. The van der Waals surface area contributed by atoms with Gasteiger partial charge in [0.15, 0.2) is 6.23 Å². The maximum Gasteiger partial charge on any atom is 0.351 e. The number of hydrogen-bond donors (Lipinski definition) is 3. The molecular formula is C12H20N3O6PS. The molecule has 0 bridgehead atoms. The minimum Gasteiger partial charge on any atom is -0.383 e. The number of anilines is 1. The van der Waals surface area contributed by atoms with Crippen molar-refractivity contribution in [2.45, 2.75) is 44.8 Å². The van der Waals surface area contributed by atoms with E-state index in [0.29, 0.717) is 12.0 Å². The van der Waals surface area contributed by atoms with E-state index in [4.69, 9.17) is 19.7 Å². The zero-order chi connectivity index (χ0) is 17.4. The number of ether oxygens (including phenoxy) is 2. The van der Waals surface area contributed by atoms with E-state index in [0.717, 1.165) is 0 Å². The van der Waals surface area contributed by atoms with Crippen LogP contribution in [0.5, 0.6) is 0 Å². The Morgan fingerprint density at radius 1 is 1.52 bits per heavy atom. The van der Waals surface area contributed by atoms with Crippen LogP contribution < -0.4 is 11.4 Å². The predicted molar refractivity (Wildman–Crippen MR) is 86.2 cm³/mol. The summed E-state index contributed by atoms with van der Waals surface area (Å²) in [5, 5.41) is 0. The second-order valence-corrected chi connectivity index (χ2v) is 7.85. The van der Waals surface area contributed by atoms with Crippen LogP contribution in [0.2, 0.25) is 0 Å². The van der Waals surface area contributed by atoms with Gasteiger partial charge in [0.25, 0.3) is 0 Å². The van der Waals surface area contributed by atoms with Gasteiger partial charge in [0.1, 0.15) is 18.0 Å². The Morgan fingerprint density at radius 2 is 2.17 bits per heavy atom. The maximum absolute atomic E-state index is 12.1. The highest BCUT2D eigenvalue weighted by Gasteiger charge is 2.48. The first-order valence-corrected chi connectivity index (χ1v) is 9.58. The minimum atomic E-state index is -3.91. The smallest absolute Gasteiger partial charge is 0.351 e. The van der Waals surface area contributed by atoms with Crippen LogP contribution in [0.3, 0.4) is 0 Å². The van der Waals surface area contributed by atoms with Crippen molar-refractivity contribution in [3.8, 4) is 0 Å². The topological polar surface area (TPSA) is 129 Å². The van der Waals surface area contributed by atoms with Crippen molar-refractivity contribution in [1.29, 1.82) is 0 Å². The first-order valence-electron chi connectivity index (χ1n) is 6.95. The largest absolute Gasteiger partial charge is 0.383 e. The van der Waals surface area contributed by atoms with Crippen LogP contribution in [0.15, 0.2) is 11.0 Å². The van der Waals surface area contributed by atoms with E-state index in [1.807, 2.05) is 6.92 Å². The number of hydrogen-bond acceptors (Lipinski definition) is 7. The van der Waals surface area contributed by atoms with Crippen LogP contribution in [0.4, 0.5) is 5.82 Å². The number of methoxy groups -OCH3 is 1. The average Bonchev–Trinajstić information content (AvgIpc) is 2.78. The molecule has 23 heavy (non-hydrogen) atoms. The lowest BCUT2D eigenvalue weighted by Gasteiger charge is -2.24. The lowest BCUT2D eigenvalue weighted by atomic mass is 10.1. The van der Waals surface area contributed by atoms with Crippen LogP contribution in [0, 0.1) is 6.92 Å². The fraction of sp³-hybridized carbons (Fsp3) is 0.667. The average molecular weight is 365 g/mol. The van der Waals surface area contributed by atoms with Crippen molar-refractivity contribution < 1.29 is 23.8 Å². The monoisotopic (exact) mass is 365 g/mol. The molecule has 0 amide bonds. The van der Waals surface area contributed by atoms with Gasteiger partial charge in [-0.3, -0.25) is 9.09 Å². The summed E-state index contributed by atoms with van der Waals surface area (Å²) in [6.07, 6.45) is -0.909. The van der Waals surface area contributed by atoms with Crippen molar-refractivity contribution in [2.75, 3.05) is 12.8 Å². The Labute approximate surface area is 138 Å². The molecule has 2 heterocycles. The summed E-state index contributed by atoms with van der Waals surface area (Å²) in [7, 11) is 1.41. The Hall–Kier alpha value is -0.870. The van der Waals surface area contributed by atoms with Gasteiger partial charge >= 0.3 is 12.4 Å². The molecule has 130 valence electrons. The third-order valence-corrected chi connectivity index (χ3v) is 4.44. The van der Waals surface area contributed by atoms with E-state index in [9.17, 15) is 14.6 Å². The van der Waals surface area contributed by atoms with Gasteiger partial charge in [-0.15, -0.1) is 0 Å². The molecule has 0 aromatic carbocycles. The number of aromatic nitrogens is 2. The Morgan fingerprint density at radius 3 is 2.70 bits per heavy atom. The maximum atomic E-state index is 12.1. The summed E-state index contributed by atoms with van der Waals surface area (Å²) in [5.74, 6) is 0.138. The van der Waals surface area contributed by atoms with Crippen molar-refractivity contribution in [3.63, 3.8) is 0 Å². The van der Waals surface area contributed by atoms with E-state index in [2.05, 4.69) is 16.8 Å². The number of nitrogen functional groups attached to an aromatic ring is 1. The molecule has 1 aliphatic rings. The zero-order valence-corrected chi connectivity index (χ0v) is 14.7. The van der Waals surface area contributed by atoms with Crippen LogP contribution in [0.1, 0.15) is 25.1 Å². The normalized spacial score (nSPS) is 28.2. The number of nitrogens with zero attached hydrogens (tertiary/aromatic N) is 2. The van der Waals surface area contributed by atoms with Crippen molar-refractivity contribution in [1.82, 2.24) is 9.55 Å². The van der Waals surface area contributed by atoms with Gasteiger partial charge in [-0.05, 0) is 25.2 Å². The Kier molecular flexibility index (Phi) is 5.57. The molecule has 1 aromatic heterocycles. The van der Waals surface area contributed by atoms with E-state index >= 15 is 0 Å². The molecule has 1 saturated heterocycles. The predicted octanol–water partition coefficient (Wildman–Crippen LogP) is 0.0506. The van der Waals surface area contributed by atoms with Gasteiger partial charge in [0.2, 0.25) is 0 Å². The van der Waals surface area contributed by atoms with E-state index in [1.165, 1.54) is 17.9 Å². The second-order valence-electron chi connectivity index (χ2n) is 5.23. The summed E-state index contributed by atoms with van der Waals surface area (Å²) in [5.41, 5.74) is 5.63. The van der Waals surface area contributed by atoms with E-state index < -0.39 is 36.9 Å². The van der Waals surface area contributed by atoms with Crippen LogP contribution in [0.25, 0.3) is 0 Å². The molecule has 1 aliphatic heterocycles. The molecule has 0 aliphatic carbocycles. The van der Waals surface area contributed by atoms with Gasteiger partial charge in [-0.25, -0.2) is 4.79 Å². The molecular weight excluding hydrogens is 345 g/mol. The van der Waals surface area contributed by atoms with Crippen molar-refractivity contribution in [3.05, 3.63) is 22.2 Å². The first-order chi connectivity index (χ1) is 10.7. The second kappa shape index (κ2) is 6.94.